The minimum absolute atomic E-state index is 0.00507. The van der Waals surface area contributed by atoms with Crippen LogP contribution in [0.3, 0.4) is 0 Å². The molecule has 3 unspecified atom stereocenters. The lowest BCUT2D eigenvalue weighted by atomic mass is 9.86. The van der Waals surface area contributed by atoms with E-state index in [1.807, 2.05) is 31.3 Å². The lowest BCUT2D eigenvalue weighted by molar-refractivity contribution is -0.934. The molecule has 0 spiro atoms. The smallest absolute Gasteiger partial charge is 0.359 e. The van der Waals surface area contributed by atoms with Gasteiger partial charge in [-0.15, -0.1) is 0 Å². The van der Waals surface area contributed by atoms with Crippen molar-refractivity contribution >= 4 is 5.97 Å². The Morgan fingerprint density at radius 3 is 2.22 bits per heavy atom. The van der Waals surface area contributed by atoms with Gasteiger partial charge in [0, 0.05) is 36.6 Å². The second-order valence-corrected chi connectivity index (χ2v) is 13.7. The molecule has 262 valence electrons. The summed E-state index contributed by atoms with van der Waals surface area (Å²) in [6.45, 7) is 1.52. The van der Waals surface area contributed by atoms with E-state index in [4.69, 9.17) is 28.4 Å². The van der Waals surface area contributed by atoms with Crippen LogP contribution in [0.2, 0.25) is 0 Å². The van der Waals surface area contributed by atoms with Crippen LogP contribution in [0.25, 0.3) is 0 Å². The molecular formula is C40H45N2O8+. The van der Waals surface area contributed by atoms with Crippen molar-refractivity contribution in [3.8, 4) is 46.0 Å². The molecule has 0 aliphatic carbocycles. The molecule has 0 saturated heterocycles. The van der Waals surface area contributed by atoms with Crippen molar-refractivity contribution in [1.82, 2.24) is 4.90 Å². The number of fused-ring (bicyclic) bond motifs is 2. The molecule has 0 aromatic heterocycles. The summed E-state index contributed by atoms with van der Waals surface area (Å²) in [5.41, 5.74) is 6.46. The van der Waals surface area contributed by atoms with E-state index in [2.05, 4.69) is 48.3 Å². The van der Waals surface area contributed by atoms with Gasteiger partial charge in [0.1, 0.15) is 11.8 Å². The van der Waals surface area contributed by atoms with Crippen LogP contribution >= 0.6 is 0 Å². The molecule has 4 aliphatic heterocycles. The molecule has 4 heterocycles. The molecule has 50 heavy (non-hydrogen) atoms. The van der Waals surface area contributed by atoms with Crippen molar-refractivity contribution in [2.45, 2.75) is 37.8 Å². The Balaban J connectivity index is 1.48. The molecule has 3 atom stereocenters. The van der Waals surface area contributed by atoms with E-state index in [0.29, 0.717) is 76.3 Å². The number of rotatable bonds is 6. The molecule has 0 saturated carbocycles. The highest BCUT2D eigenvalue weighted by atomic mass is 16.5. The second kappa shape index (κ2) is 13.4. The quantitative estimate of drug-likeness (QED) is 0.222. The Bertz CT molecular complexity index is 1930. The van der Waals surface area contributed by atoms with Gasteiger partial charge in [0.2, 0.25) is 5.75 Å². The molecular weight excluding hydrogens is 636 g/mol. The normalized spacial score (nSPS) is 21.1. The van der Waals surface area contributed by atoms with E-state index in [-0.39, 0.29) is 18.6 Å². The number of hydrogen-bond donors (Lipinski definition) is 1. The first-order valence-corrected chi connectivity index (χ1v) is 17.0. The summed E-state index contributed by atoms with van der Waals surface area (Å²) in [6.07, 6.45) is 2.80. The fourth-order valence-corrected chi connectivity index (χ4v) is 8.02. The maximum absolute atomic E-state index is 12.3. The van der Waals surface area contributed by atoms with E-state index in [0.717, 1.165) is 46.3 Å². The van der Waals surface area contributed by atoms with Crippen molar-refractivity contribution < 1.29 is 42.8 Å². The van der Waals surface area contributed by atoms with Crippen LogP contribution < -0.4 is 28.4 Å². The van der Waals surface area contributed by atoms with Crippen LogP contribution in [0.15, 0.2) is 60.7 Å². The van der Waals surface area contributed by atoms with Gasteiger partial charge in [-0.2, -0.15) is 0 Å². The summed E-state index contributed by atoms with van der Waals surface area (Å²) in [5.74, 6) is 3.94. The standard InChI is InChI=1S/C40H44N2O8/c1-41-15-13-27-21-36(47-5)39(48-6)40-38(27)30(41)17-25-9-12-32(45-3)34(19-25)49-28-10-7-24(8-11-28)18-31-29-22-35(50-40)33(46-4)20-26(29)14-16-42(31,2)23-37(43)44/h7-12,19-22,30-31H,13-18,23H2,1-6H3/p+1. The lowest BCUT2D eigenvalue weighted by Gasteiger charge is -2.45. The number of aliphatic carboxylic acids is 1. The van der Waals surface area contributed by atoms with E-state index >= 15 is 0 Å². The molecule has 0 radical (unpaired) electrons. The first-order chi connectivity index (χ1) is 24.1. The predicted octanol–water partition coefficient (Wildman–Crippen LogP) is 6.76. The fourth-order valence-electron chi connectivity index (χ4n) is 8.02. The molecule has 0 fully saturated rings. The van der Waals surface area contributed by atoms with Crippen LogP contribution in [-0.2, 0) is 30.5 Å². The third kappa shape index (κ3) is 6.07. The molecule has 10 heteroatoms. The summed E-state index contributed by atoms with van der Waals surface area (Å²) in [5, 5.41) is 10.1. The minimum Gasteiger partial charge on any atom is -0.493 e. The van der Waals surface area contributed by atoms with Gasteiger partial charge in [-0.05, 0) is 84.6 Å². The highest BCUT2D eigenvalue weighted by molar-refractivity contribution is 5.68. The Kier molecular flexibility index (Phi) is 9.00. The number of benzene rings is 4. The SMILES string of the molecule is COc1ccc2cc1Oc1ccc(cc1)CC1c3cc(c(OC)cc3CC[N+]1(C)CC(=O)O)Oc1c(OC)c(OC)cc3c1C(C2)N(C)CC3. The van der Waals surface area contributed by atoms with Gasteiger partial charge in [-0.3, -0.25) is 4.90 Å². The number of nitrogens with zero attached hydrogens (tertiary/aromatic N) is 2. The van der Waals surface area contributed by atoms with Gasteiger partial charge in [-0.1, -0.05) is 18.2 Å². The molecule has 6 bridgehead atoms. The van der Waals surface area contributed by atoms with Crippen molar-refractivity contribution in [3.05, 3.63) is 94.0 Å². The number of carboxylic acids is 1. The molecule has 4 aromatic rings. The molecule has 4 aromatic carbocycles. The van der Waals surface area contributed by atoms with E-state index in [9.17, 15) is 9.90 Å². The number of likely N-dealkylation sites (N-methyl/N-ethyl adjacent to an activating group) is 2. The Morgan fingerprint density at radius 1 is 0.820 bits per heavy atom. The zero-order valence-electron chi connectivity index (χ0n) is 29.6. The number of methoxy groups -OCH3 is 4. The lowest BCUT2D eigenvalue weighted by Crippen LogP contribution is -2.54. The number of carboxylic acid groups (broad SMARTS) is 1. The van der Waals surface area contributed by atoms with Crippen LogP contribution in [0, 0.1) is 0 Å². The van der Waals surface area contributed by atoms with Gasteiger partial charge in [0.05, 0.1) is 42.0 Å². The predicted molar refractivity (Wildman–Crippen MR) is 189 cm³/mol. The van der Waals surface area contributed by atoms with E-state index < -0.39 is 5.97 Å². The largest absolute Gasteiger partial charge is 0.493 e. The first kappa shape index (κ1) is 33.6. The summed E-state index contributed by atoms with van der Waals surface area (Å²) in [6, 6.07) is 20.1. The average molecular weight is 682 g/mol. The Morgan fingerprint density at radius 2 is 1.52 bits per heavy atom. The molecule has 0 amide bonds. The molecule has 10 nitrogen and oxygen atoms in total. The van der Waals surface area contributed by atoms with E-state index in [1.165, 1.54) is 0 Å². The first-order valence-electron chi connectivity index (χ1n) is 17.0. The number of hydrogen-bond acceptors (Lipinski definition) is 8. The van der Waals surface area contributed by atoms with Crippen LogP contribution in [0.1, 0.15) is 45.5 Å². The van der Waals surface area contributed by atoms with Gasteiger partial charge in [0.25, 0.3) is 0 Å². The van der Waals surface area contributed by atoms with Crippen LogP contribution in [0.5, 0.6) is 46.0 Å². The Hall–Kier alpha value is -4.93. The van der Waals surface area contributed by atoms with Crippen molar-refractivity contribution in [2.24, 2.45) is 0 Å². The summed E-state index contributed by atoms with van der Waals surface area (Å²) in [7, 11) is 10.7. The van der Waals surface area contributed by atoms with E-state index in [1.54, 1.807) is 28.4 Å². The highest BCUT2D eigenvalue weighted by Gasteiger charge is 2.42. The number of ether oxygens (including phenoxy) is 6. The van der Waals surface area contributed by atoms with Crippen molar-refractivity contribution in [1.29, 1.82) is 0 Å². The fraction of sp³-hybridized carbons (Fsp3) is 0.375. The molecule has 8 rings (SSSR count). The number of carbonyl (C=O) groups is 1. The van der Waals surface area contributed by atoms with Crippen molar-refractivity contribution in [2.75, 3.05) is 62.2 Å². The molecule has 4 aliphatic rings. The van der Waals surface area contributed by atoms with Crippen molar-refractivity contribution in [3.63, 3.8) is 0 Å². The average Bonchev–Trinajstić information content (AvgIpc) is 3.10. The maximum Gasteiger partial charge on any atom is 0.359 e. The number of quaternary nitrogens is 1. The van der Waals surface area contributed by atoms with Gasteiger partial charge >= 0.3 is 5.97 Å². The van der Waals surface area contributed by atoms with Gasteiger partial charge in [-0.25, -0.2) is 4.79 Å². The van der Waals surface area contributed by atoms with Gasteiger partial charge < -0.3 is 38.0 Å². The monoisotopic (exact) mass is 681 g/mol. The van der Waals surface area contributed by atoms with Crippen LogP contribution in [-0.4, -0.2) is 82.6 Å². The zero-order chi connectivity index (χ0) is 35.2. The minimum atomic E-state index is -0.830. The summed E-state index contributed by atoms with van der Waals surface area (Å²) < 4.78 is 37.5. The van der Waals surface area contributed by atoms with Crippen LogP contribution in [0.4, 0.5) is 0 Å². The molecule has 1 N–H and O–H groups in total. The highest BCUT2D eigenvalue weighted by Crippen LogP contribution is 2.52. The maximum atomic E-state index is 12.3. The topological polar surface area (TPSA) is 95.9 Å². The zero-order valence-corrected chi connectivity index (χ0v) is 29.6. The third-order valence-corrected chi connectivity index (χ3v) is 10.7. The summed E-state index contributed by atoms with van der Waals surface area (Å²) >= 11 is 0. The Labute approximate surface area is 293 Å². The second-order valence-electron chi connectivity index (χ2n) is 13.7. The van der Waals surface area contributed by atoms with Gasteiger partial charge in [0.15, 0.2) is 41.0 Å². The third-order valence-electron chi connectivity index (χ3n) is 10.7. The summed E-state index contributed by atoms with van der Waals surface area (Å²) in [4.78, 5) is 14.6.